The van der Waals surface area contributed by atoms with Gasteiger partial charge in [0.05, 0.1) is 28.7 Å². The molecule has 2 amide bonds. The van der Waals surface area contributed by atoms with Crippen LogP contribution in [0.3, 0.4) is 0 Å². The molecule has 1 fully saturated rings. The fraction of sp³-hybridized carbons (Fsp3) is 0.222. The summed E-state index contributed by atoms with van der Waals surface area (Å²) in [5.74, 6) is 0.144. The summed E-state index contributed by atoms with van der Waals surface area (Å²) in [6.07, 6.45) is 4.06. The van der Waals surface area contributed by atoms with Crippen LogP contribution in [0.1, 0.15) is 28.9 Å². The standard InChI is InChI=1S/C27H27IN6O4/c1-4-24(35)30-20-14-21(23(38-3)15-22(20)33(2)16-28)32-27-29-12-11-19(31-27)26(37)17-7-9-18(10-8-17)34-13-5-6-25(34)36/h4,7-12,14-15H,1,5-6,13,16H2,2-3H3,(H,30,35)(H,29,31,32). The average Bonchev–Trinajstić information content (AvgIpc) is 3.38. The first-order valence-corrected chi connectivity index (χ1v) is 13.3. The van der Waals surface area contributed by atoms with E-state index in [1.807, 2.05) is 11.9 Å². The van der Waals surface area contributed by atoms with Crippen molar-refractivity contribution in [1.82, 2.24) is 9.97 Å². The van der Waals surface area contributed by atoms with Crippen molar-refractivity contribution >= 4 is 68.9 Å². The molecule has 38 heavy (non-hydrogen) atoms. The third-order valence-corrected chi connectivity index (χ3v) is 7.02. The van der Waals surface area contributed by atoms with Gasteiger partial charge in [-0.2, -0.15) is 0 Å². The van der Waals surface area contributed by atoms with Crippen LogP contribution in [0.2, 0.25) is 0 Å². The number of alkyl halides is 1. The van der Waals surface area contributed by atoms with Crippen LogP contribution in [-0.4, -0.2) is 52.8 Å². The molecule has 0 unspecified atom stereocenters. The Bertz CT molecular complexity index is 1380. The number of hydrogen-bond donors (Lipinski definition) is 2. The molecule has 2 aromatic carbocycles. The fourth-order valence-corrected chi connectivity index (χ4v) is 4.39. The van der Waals surface area contributed by atoms with Crippen LogP contribution in [0.4, 0.5) is 28.7 Å². The van der Waals surface area contributed by atoms with Gasteiger partial charge in [0.2, 0.25) is 23.5 Å². The summed E-state index contributed by atoms with van der Waals surface area (Å²) in [7, 11) is 3.43. The molecule has 0 bridgehead atoms. The number of carbonyl (C=O) groups is 3. The third-order valence-electron chi connectivity index (χ3n) is 6.00. The molecule has 1 aromatic heterocycles. The van der Waals surface area contributed by atoms with Crippen LogP contribution in [0, 0.1) is 0 Å². The van der Waals surface area contributed by atoms with Crippen molar-refractivity contribution < 1.29 is 19.1 Å². The maximum absolute atomic E-state index is 13.1. The first-order valence-electron chi connectivity index (χ1n) is 11.8. The monoisotopic (exact) mass is 626 g/mol. The predicted molar refractivity (Wildman–Crippen MR) is 156 cm³/mol. The summed E-state index contributed by atoms with van der Waals surface area (Å²) in [5, 5.41) is 5.91. The number of nitrogens with one attached hydrogen (secondary N) is 2. The number of ether oxygens (including phenoxy) is 1. The smallest absolute Gasteiger partial charge is 0.247 e. The first-order chi connectivity index (χ1) is 18.3. The molecule has 196 valence electrons. The topological polar surface area (TPSA) is 117 Å². The van der Waals surface area contributed by atoms with Crippen molar-refractivity contribution in [1.29, 1.82) is 0 Å². The number of anilines is 5. The molecule has 2 N–H and O–H groups in total. The Hall–Kier alpha value is -4.00. The van der Waals surface area contributed by atoms with E-state index in [1.54, 1.807) is 41.3 Å². The lowest BCUT2D eigenvalue weighted by Gasteiger charge is -2.22. The minimum absolute atomic E-state index is 0.0900. The van der Waals surface area contributed by atoms with E-state index in [0.29, 0.717) is 40.2 Å². The van der Waals surface area contributed by atoms with E-state index in [2.05, 4.69) is 49.8 Å². The van der Waals surface area contributed by atoms with E-state index in [9.17, 15) is 14.4 Å². The van der Waals surface area contributed by atoms with E-state index in [4.69, 9.17) is 4.74 Å². The van der Waals surface area contributed by atoms with Gasteiger partial charge in [-0.3, -0.25) is 14.4 Å². The van der Waals surface area contributed by atoms with Crippen molar-refractivity contribution in [3.05, 3.63) is 72.6 Å². The lowest BCUT2D eigenvalue weighted by Crippen LogP contribution is -2.23. The Morgan fingerprint density at radius 3 is 2.61 bits per heavy atom. The molecule has 3 aromatic rings. The van der Waals surface area contributed by atoms with Crippen LogP contribution >= 0.6 is 22.6 Å². The molecular weight excluding hydrogens is 599 g/mol. The molecule has 0 spiro atoms. The Kier molecular flexibility index (Phi) is 8.56. The van der Waals surface area contributed by atoms with Crippen molar-refractivity contribution in [2.45, 2.75) is 12.8 Å². The molecule has 0 saturated carbocycles. The maximum atomic E-state index is 13.1. The number of nitrogens with zero attached hydrogens (tertiary/aromatic N) is 4. The SMILES string of the molecule is C=CC(=O)Nc1cc(Nc2nccc(C(=O)c3ccc(N4CCCC4=O)cc3)n2)c(OC)cc1N(C)CI. The van der Waals surface area contributed by atoms with Gasteiger partial charge in [-0.25, -0.2) is 9.97 Å². The normalized spacial score (nSPS) is 12.7. The molecule has 2 heterocycles. The average molecular weight is 626 g/mol. The van der Waals surface area contributed by atoms with E-state index in [0.717, 1.165) is 17.8 Å². The van der Waals surface area contributed by atoms with Gasteiger partial charge < -0.3 is 25.2 Å². The van der Waals surface area contributed by atoms with Gasteiger partial charge in [0.25, 0.3) is 0 Å². The first kappa shape index (κ1) is 27.0. The minimum Gasteiger partial charge on any atom is -0.494 e. The van der Waals surface area contributed by atoms with Crippen LogP contribution in [0.5, 0.6) is 5.75 Å². The van der Waals surface area contributed by atoms with Gasteiger partial charge in [-0.1, -0.05) is 29.2 Å². The highest BCUT2D eigenvalue weighted by Gasteiger charge is 2.22. The molecule has 1 aliphatic rings. The summed E-state index contributed by atoms with van der Waals surface area (Å²) < 4.78 is 6.25. The predicted octanol–water partition coefficient (Wildman–Crippen LogP) is 4.54. The lowest BCUT2D eigenvalue weighted by atomic mass is 10.1. The largest absolute Gasteiger partial charge is 0.494 e. The van der Waals surface area contributed by atoms with Gasteiger partial charge in [0.15, 0.2) is 0 Å². The highest BCUT2D eigenvalue weighted by molar-refractivity contribution is 14.1. The van der Waals surface area contributed by atoms with E-state index in [1.165, 1.54) is 25.4 Å². The fourth-order valence-electron chi connectivity index (χ4n) is 4.03. The van der Waals surface area contributed by atoms with Crippen LogP contribution in [0.25, 0.3) is 0 Å². The molecule has 0 atom stereocenters. The number of halogens is 1. The number of ketones is 1. The number of carbonyl (C=O) groups excluding carboxylic acids is 3. The number of aromatic nitrogens is 2. The van der Waals surface area contributed by atoms with Gasteiger partial charge in [0, 0.05) is 43.5 Å². The van der Waals surface area contributed by atoms with Crippen molar-refractivity contribution in [3.8, 4) is 5.75 Å². The van der Waals surface area contributed by atoms with Gasteiger partial charge >= 0.3 is 0 Å². The van der Waals surface area contributed by atoms with Gasteiger partial charge in [-0.15, -0.1) is 0 Å². The summed E-state index contributed by atoms with van der Waals surface area (Å²) in [6.45, 7) is 4.20. The van der Waals surface area contributed by atoms with Gasteiger partial charge in [-0.05, 0) is 48.9 Å². The minimum atomic E-state index is -0.354. The Labute approximate surface area is 234 Å². The number of benzene rings is 2. The second kappa shape index (κ2) is 12.0. The molecule has 4 rings (SSSR count). The molecule has 1 saturated heterocycles. The Morgan fingerprint density at radius 2 is 1.97 bits per heavy atom. The maximum Gasteiger partial charge on any atom is 0.247 e. The zero-order valence-corrected chi connectivity index (χ0v) is 23.2. The van der Waals surface area contributed by atoms with Crippen LogP contribution in [0.15, 0.2) is 61.3 Å². The lowest BCUT2D eigenvalue weighted by molar-refractivity contribution is -0.117. The van der Waals surface area contributed by atoms with Crippen LogP contribution in [-0.2, 0) is 9.59 Å². The summed E-state index contributed by atoms with van der Waals surface area (Å²) in [5.41, 5.74) is 3.22. The molecule has 0 radical (unpaired) electrons. The van der Waals surface area contributed by atoms with Crippen molar-refractivity contribution in [2.75, 3.05) is 45.7 Å². The Morgan fingerprint density at radius 1 is 1.21 bits per heavy atom. The number of methoxy groups -OCH3 is 1. The summed E-state index contributed by atoms with van der Waals surface area (Å²) in [4.78, 5) is 49.5. The quantitative estimate of drug-likeness (QED) is 0.111. The zero-order valence-electron chi connectivity index (χ0n) is 21.0. The second-order valence-electron chi connectivity index (χ2n) is 8.50. The van der Waals surface area contributed by atoms with E-state index < -0.39 is 0 Å². The number of amides is 2. The molecule has 0 aliphatic carbocycles. The highest BCUT2D eigenvalue weighted by Crippen LogP contribution is 2.38. The van der Waals surface area contributed by atoms with E-state index >= 15 is 0 Å². The third kappa shape index (κ3) is 5.93. The zero-order chi connectivity index (χ0) is 27.2. The molecular formula is C27H27IN6O4. The Balaban J connectivity index is 1.59. The van der Waals surface area contributed by atoms with Crippen LogP contribution < -0.4 is 25.2 Å². The number of rotatable bonds is 10. The summed E-state index contributed by atoms with van der Waals surface area (Å²) in [6, 6.07) is 12.0. The second-order valence-corrected chi connectivity index (χ2v) is 9.18. The van der Waals surface area contributed by atoms with E-state index in [-0.39, 0.29) is 29.2 Å². The van der Waals surface area contributed by atoms with Crippen molar-refractivity contribution in [3.63, 3.8) is 0 Å². The van der Waals surface area contributed by atoms with Gasteiger partial charge in [0.1, 0.15) is 11.4 Å². The molecule has 10 nitrogen and oxygen atoms in total. The molecule has 11 heteroatoms. The molecule has 1 aliphatic heterocycles. The number of hydrogen-bond acceptors (Lipinski definition) is 8. The highest BCUT2D eigenvalue weighted by atomic mass is 127. The summed E-state index contributed by atoms with van der Waals surface area (Å²) >= 11 is 2.22. The van der Waals surface area contributed by atoms with Crippen molar-refractivity contribution in [2.24, 2.45) is 0 Å².